The first-order valence-electron chi connectivity index (χ1n) is 9.03. The number of ether oxygens (including phenoxy) is 2. The van der Waals surface area contributed by atoms with Gasteiger partial charge >= 0.3 is 5.97 Å². The molecular formula is C21H22N2O5S. The van der Waals surface area contributed by atoms with Gasteiger partial charge in [-0.05, 0) is 42.8 Å². The predicted molar refractivity (Wildman–Crippen MR) is 110 cm³/mol. The summed E-state index contributed by atoms with van der Waals surface area (Å²) in [5.41, 5.74) is 1.80. The number of methoxy groups -OCH3 is 1. The van der Waals surface area contributed by atoms with Crippen LogP contribution in [0.1, 0.15) is 22.8 Å². The summed E-state index contributed by atoms with van der Waals surface area (Å²) in [6.45, 7) is 1.85. The summed E-state index contributed by atoms with van der Waals surface area (Å²) in [4.78, 5) is 38.8. The van der Waals surface area contributed by atoms with Crippen molar-refractivity contribution in [1.82, 2.24) is 4.90 Å². The van der Waals surface area contributed by atoms with Gasteiger partial charge in [0.15, 0.2) is 6.61 Å². The van der Waals surface area contributed by atoms with E-state index in [0.29, 0.717) is 12.2 Å². The van der Waals surface area contributed by atoms with Gasteiger partial charge in [0.25, 0.3) is 5.91 Å². The first kappa shape index (κ1) is 20.7. The molecule has 2 amide bonds. The van der Waals surface area contributed by atoms with E-state index in [1.807, 2.05) is 31.2 Å². The lowest BCUT2D eigenvalue weighted by Crippen LogP contribution is -2.31. The number of benzene rings is 2. The van der Waals surface area contributed by atoms with Gasteiger partial charge in [0.1, 0.15) is 5.75 Å². The maximum Gasteiger partial charge on any atom is 0.338 e. The van der Waals surface area contributed by atoms with Gasteiger partial charge in [-0.15, -0.1) is 11.8 Å². The van der Waals surface area contributed by atoms with Gasteiger partial charge in [-0.1, -0.05) is 12.1 Å². The van der Waals surface area contributed by atoms with E-state index in [4.69, 9.17) is 9.47 Å². The van der Waals surface area contributed by atoms with Crippen LogP contribution in [0.15, 0.2) is 47.4 Å². The number of esters is 1. The molecule has 0 bridgehead atoms. The zero-order valence-electron chi connectivity index (χ0n) is 16.4. The highest BCUT2D eigenvalue weighted by atomic mass is 32.2. The van der Waals surface area contributed by atoms with Gasteiger partial charge in [0, 0.05) is 18.5 Å². The van der Waals surface area contributed by atoms with Crippen LogP contribution in [0.2, 0.25) is 0 Å². The topological polar surface area (TPSA) is 84.9 Å². The molecule has 8 heteroatoms. The number of hydrogen-bond donors (Lipinski definition) is 1. The van der Waals surface area contributed by atoms with Crippen molar-refractivity contribution in [2.24, 2.45) is 0 Å². The Kier molecular flexibility index (Phi) is 6.43. The molecule has 0 aromatic heterocycles. The number of carbonyl (C=O) groups is 3. The lowest BCUT2D eigenvalue weighted by molar-refractivity contribution is -0.133. The molecule has 1 unspecified atom stereocenters. The van der Waals surface area contributed by atoms with Crippen LogP contribution >= 0.6 is 11.8 Å². The Hall–Kier alpha value is -3.00. The van der Waals surface area contributed by atoms with Crippen molar-refractivity contribution >= 4 is 35.2 Å². The standard InChI is InChI=1S/C21H22N2O5S/c1-13-20(25)22-17-10-15(6-9-18(17)29-13)21(26)28-12-19(24)23(2)11-14-4-7-16(27-3)8-5-14/h4-10,13H,11-12H2,1-3H3,(H,22,25). The molecule has 3 rings (SSSR count). The summed E-state index contributed by atoms with van der Waals surface area (Å²) in [7, 11) is 3.24. The molecule has 0 spiro atoms. The summed E-state index contributed by atoms with van der Waals surface area (Å²) >= 11 is 1.43. The number of carbonyl (C=O) groups excluding carboxylic acids is 3. The minimum absolute atomic E-state index is 0.108. The fourth-order valence-electron chi connectivity index (χ4n) is 2.75. The molecule has 0 saturated carbocycles. The van der Waals surface area contributed by atoms with E-state index in [0.717, 1.165) is 16.2 Å². The van der Waals surface area contributed by atoms with Gasteiger partial charge in [0.2, 0.25) is 5.91 Å². The van der Waals surface area contributed by atoms with Gasteiger partial charge in [-0.25, -0.2) is 4.79 Å². The van der Waals surface area contributed by atoms with Crippen molar-refractivity contribution in [1.29, 1.82) is 0 Å². The van der Waals surface area contributed by atoms with Crippen LogP contribution in [-0.2, 0) is 20.9 Å². The first-order valence-corrected chi connectivity index (χ1v) is 9.91. The summed E-state index contributed by atoms with van der Waals surface area (Å²) in [6, 6.07) is 12.3. The summed E-state index contributed by atoms with van der Waals surface area (Å²) in [5.74, 6) is -0.296. The quantitative estimate of drug-likeness (QED) is 0.732. The normalized spacial score (nSPS) is 15.1. The molecule has 0 fully saturated rings. The minimum atomic E-state index is -0.614. The fraction of sp³-hybridized carbons (Fsp3) is 0.286. The van der Waals surface area contributed by atoms with Crippen LogP contribution in [0.4, 0.5) is 5.69 Å². The Bertz CT molecular complexity index is 929. The van der Waals surface area contributed by atoms with Crippen LogP contribution < -0.4 is 10.1 Å². The smallest absolute Gasteiger partial charge is 0.338 e. The third-order valence-electron chi connectivity index (χ3n) is 4.48. The number of nitrogens with one attached hydrogen (secondary N) is 1. The largest absolute Gasteiger partial charge is 0.497 e. The maximum absolute atomic E-state index is 12.3. The van der Waals surface area contributed by atoms with E-state index in [1.165, 1.54) is 16.7 Å². The molecule has 1 N–H and O–H groups in total. The maximum atomic E-state index is 12.3. The SMILES string of the molecule is COc1ccc(CN(C)C(=O)COC(=O)c2ccc3c(c2)NC(=O)C(C)S3)cc1. The second kappa shape index (κ2) is 9.00. The van der Waals surface area contributed by atoms with E-state index in [9.17, 15) is 14.4 Å². The number of fused-ring (bicyclic) bond motifs is 1. The van der Waals surface area contributed by atoms with Gasteiger partial charge < -0.3 is 19.7 Å². The molecule has 0 saturated heterocycles. The number of thioether (sulfide) groups is 1. The van der Waals surface area contributed by atoms with Crippen molar-refractivity contribution in [3.63, 3.8) is 0 Å². The molecule has 0 radical (unpaired) electrons. The average molecular weight is 414 g/mol. The average Bonchev–Trinajstić information content (AvgIpc) is 2.72. The molecule has 7 nitrogen and oxygen atoms in total. The van der Waals surface area contributed by atoms with E-state index < -0.39 is 5.97 Å². The van der Waals surface area contributed by atoms with Gasteiger partial charge in [0.05, 0.1) is 23.6 Å². The van der Waals surface area contributed by atoms with E-state index in [-0.39, 0.29) is 29.2 Å². The van der Waals surface area contributed by atoms with Crippen LogP contribution in [-0.4, -0.2) is 48.7 Å². The zero-order chi connectivity index (χ0) is 21.0. The third kappa shape index (κ3) is 5.08. The zero-order valence-corrected chi connectivity index (χ0v) is 17.2. The highest BCUT2D eigenvalue weighted by Gasteiger charge is 2.24. The number of amides is 2. The predicted octanol–water partition coefficient (Wildman–Crippen LogP) is 2.94. The van der Waals surface area contributed by atoms with Crippen molar-refractivity contribution in [3.05, 3.63) is 53.6 Å². The monoisotopic (exact) mass is 414 g/mol. The lowest BCUT2D eigenvalue weighted by Gasteiger charge is -2.21. The minimum Gasteiger partial charge on any atom is -0.497 e. The van der Waals surface area contributed by atoms with Crippen LogP contribution in [0.5, 0.6) is 5.75 Å². The highest BCUT2D eigenvalue weighted by Crippen LogP contribution is 2.36. The number of anilines is 1. The number of likely N-dealkylation sites (N-methyl/N-ethyl adjacent to an activating group) is 1. The number of nitrogens with zero attached hydrogens (tertiary/aromatic N) is 1. The molecule has 2 aromatic rings. The van der Waals surface area contributed by atoms with Crippen molar-refractivity contribution in [2.45, 2.75) is 23.6 Å². The van der Waals surface area contributed by atoms with Gasteiger partial charge in [-0.3, -0.25) is 9.59 Å². The van der Waals surface area contributed by atoms with Crippen molar-refractivity contribution in [2.75, 3.05) is 26.1 Å². The van der Waals surface area contributed by atoms with Crippen molar-refractivity contribution in [3.8, 4) is 5.75 Å². The van der Waals surface area contributed by atoms with E-state index in [2.05, 4.69) is 5.32 Å². The van der Waals surface area contributed by atoms with E-state index in [1.54, 1.807) is 32.4 Å². The summed E-state index contributed by atoms with van der Waals surface area (Å²) in [5, 5.41) is 2.59. The molecule has 2 aromatic carbocycles. The van der Waals surface area contributed by atoms with Crippen LogP contribution in [0.25, 0.3) is 0 Å². The molecule has 1 heterocycles. The Labute approximate surface area is 173 Å². The van der Waals surface area contributed by atoms with Gasteiger partial charge in [-0.2, -0.15) is 0 Å². The molecule has 29 heavy (non-hydrogen) atoms. The van der Waals surface area contributed by atoms with Crippen molar-refractivity contribution < 1.29 is 23.9 Å². The van der Waals surface area contributed by atoms with Crippen LogP contribution in [0.3, 0.4) is 0 Å². The van der Waals surface area contributed by atoms with E-state index >= 15 is 0 Å². The molecule has 1 aliphatic rings. The second-order valence-corrected chi connectivity index (χ2v) is 8.02. The summed E-state index contributed by atoms with van der Waals surface area (Å²) < 4.78 is 10.3. The fourth-order valence-corrected chi connectivity index (χ4v) is 3.68. The third-order valence-corrected chi connectivity index (χ3v) is 5.65. The number of rotatable bonds is 6. The Morgan fingerprint density at radius 2 is 1.90 bits per heavy atom. The summed E-state index contributed by atoms with van der Waals surface area (Å²) in [6.07, 6.45) is 0. The lowest BCUT2D eigenvalue weighted by atomic mass is 10.2. The molecule has 1 atom stereocenters. The second-order valence-electron chi connectivity index (χ2n) is 6.63. The Morgan fingerprint density at radius 1 is 1.17 bits per heavy atom. The molecule has 1 aliphatic heterocycles. The molecular weight excluding hydrogens is 392 g/mol. The molecule has 152 valence electrons. The Balaban J connectivity index is 1.55. The Morgan fingerprint density at radius 3 is 2.59 bits per heavy atom. The number of hydrogen-bond acceptors (Lipinski definition) is 6. The first-order chi connectivity index (χ1) is 13.9. The highest BCUT2D eigenvalue weighted by molar-refractivity contribution is 8.00. The van der Waals surface area contributed by atoms with Crippen LogP contribution in [0, 0.1) is 0 Å². The molecule has 0 aliphatic carbocycles.